The lowest BCUT2D eigenvalue weighted by atomic mass is 10.1. The number of anilines is 2. The minimum Gasteiger partial charge on any atom is -0.494 e. The molecule has 7 nitrogen and oxygen atoms in total. The van der Waals surface area contributed by atoms with Crippen molar-refractivity contribution < 1.29 is 19.1 Å². The Kier molecular flexibility index (Phi) is 6.70. The molecule has 0 spiro atoms. The van der Waals surface area contributed by atoms with E-state index in [1.165, 1.54) is 19.1 Å². The Morgan fingerprint density at radius 2 is 1.70 bits per heavy atom. The first-order chi connectivity index (χ1) is 16.0. The van der Waals surface area contributed by atoms with Gasteiger partial charge in [0.1, 0.15) is 23.7 Å². The van der Waals surface area contributed by atoms with Crippen molar-refractivity contribution in [2.24, 2.45) is 0 Å². The highest BCUT2D eigenvalue weighted by molar-refractivity contribution is 6.30. The van der Waals surface area contributed by atoms with Crippen LogP contribution in [0.15, 0.2) is 66.7 Å². The second-order valence-electron chi connectivity index (χ2n) is 7.57. The molecule has 0 bridgehead atoms. The lowest BCUT2D eigenvalue weighted by molar-refractivity contribution is -0.116. The molecule has 0 saturated carbocycles. The number of carbonyl (C=O) groups is 2. The summed E-state index contributed by atoms with van der Waals surface area (Å²) in [6.45, 7) is 0.514. The summed E-state index contributed by atoms with van der Waals surface area (Å²) in [4.78, 5) is 29.5. The zero-order valence-electron chi connectivity index (χ0n) is 18.4. The van der Waals surface area contributed by atoms with Crippen LogP contribution in [0.1, 0.15) is 11.1 Å². The van der Waals surface area contributed by atoms with Crippen LogP contribution in [0.5, 0.6) is 11.5 Å². The highest BCUT2D eigenvalue weighted by Crippen LogP contribution is 2.35. The summed E-state index contributed by atoms with van der Waals surface area (Å²) in [5.74, 6) is 0.572. The fourth-order valence-electron chi connectivity index (χ4n) is 3.86. The number of nitrogens with zero attached hydrogens (tertiary/aromatic N) is 2. The molecule has 0 fully saturated rings. The molecule has 0 aliphatic carbocycles. The molecule has 0 saturated heterocycles. The predicted molar refractivity (Wildman–Crippen MR) is 128 cm³/mol. The molecule has 33 heavy (non-hydrogen) atoms. The van der Waals surface area contributed by atoms with Gasteiger partial charge in [0.05, 0.1) is 33.0 Å². The van der Waals surface area contributed by atoms with Gasteiger partial charge in [-0.15, -0.1) is 0 Å². The molecule has 0 aromatic heterocycles. The maximum Gasteiger partial charge on any atom is 0.325 e. The standard InChI is InChI=1S/C25H24ClN3O4/c1-32-21-9-6-10-22(33-2)24(21)27-23(30)16-28-15-18-13-19(26)11-12-20(18)29(25(28)31)14-17-7-4-3-5-8-17/h3-13H,14-16H2,1-2H3,(H,27,30). The monoisotopic (exact) mass is 465 g/mol. The van der Waals surface area contributed by atoms with Gasteiger partial charge in [-0.05, 0) is 41.5 Å². The van der Waals surface area contributed by atoms with Crippen molar-refractivity contribution in [3.8, 4) is 11.5 Å². The van der Waals surface area contributed by atoms with Crippen LogP contribution in [0.2, 0.25) is 5.02 Å². The molecule has 0 atom stereocenters. The number of hydrogen-bond donors (Lipinski definition) is 1. The third-order valence-corrected chi connectivity index (χ3v) is 5.64. The lowest BCUT2D eigenvalue weighted by Gasteiger charge is -2.37. The van der Waals surface area contributed by atoms with Gasteiger partial charge >= 0.3 is 6.03 Å². The highest BCUT2D eigenvalue weighted by Gasteiger charge is 2.32. The van der Waals surface area contributed by atoms with Gasteiger partial charge in [-0.2, -0.15) is 0 Å². The molecule has 1 heterocycles. The van der Waals surface area contributed by atoms with Gasteiger partial charge in [-0.25, -0.2) is 4.79 Å². The van der Waals surface area contributed by atoms with Crippen molar-refractivity contribution in [3.63, 3.8) is 0 Å². The predicted octanol–water partition coefficient (Wildman–Crippen LogP) is 4.94. The van der Waals surface area contributed by atoms with Crippen LogP contribution in [0.3, 0.4) is 0 Å². The van der Waals surface area contributed by atoms with Gasteiger partial charge in [0.15, 0.2) is 0 Å². The maximum atomic E-state index is 13.4. The third-order valence-electron chi connectivity index (χ3n) is 5.41. The Hall–Kier alpha value is -3.71. The molecular weight excluding hydrogens is 442 g/mol. The minimum absolute atomic E-state index is 0.142. The summed E-state index contributed by atoms with van der Waals surface area (Å²) in [7, 11) is 3.03. The highest BCUT2D eigenvalue weighted by atomic mass is 35.5. The SMILES string of the molecule is COc1cccc(OC)c1NC(=O)CN1Cc2cc(Cl)ccc2N(Cc2ccccc2)C1=O. The molecule has 3 amide bonds. The first-order valence-corrected chi connectivity index (χ1v) is 10.8. The quantitative estimate of drug-likeness (QED) is 0.536. The van der Waals surface area contributed by atoms with E-state index in [4.69, 9.17) is 21.1 Å². The zero-order valence-corrected chi connectivity index (χ0v) is 19.1. The van der Waals surface area contributed by atoms with E-state index >= 15 is 0 Å². The van der Waals surface area contributed by atoms with E-state index in [0.717, 1.165) is 16.8 Å². The number of fused-ring (bicyclic) bond motifs is 1. The molecule has 1 aliphatic heterocycles. The Bertz CT molecular complexity index is 1150. The average molecular weight is 466 g/mol. The molecule has 0 radical (unpaired) electrons. The van der Waals surface area contributed by atoms with Gasteiger partial charge in [-0.3, -0.25) is 9.69 Å². The largest absolute Gasteiger partial charge is 0.494 e. The number of halogens is 1. The van der Waals surface area contributed by atoms with Crippen molar-refractivity contribution in [2.75, 3.05) is 31.0 Å². The zero-order chi connectivity index (χ0) is 23.4. The molecule has 1 aliphatic rings. The van der Waals surface area contributed by atoms with E-state index < -0.39 is 0 Å². The number of nitrogens with one attached hydrogen (secondary N) is 1. The van der Waals surface area contributed by atoms with E-state index in [1.807, 2.05) is 42.5 Å². The van der Waals surface area contributed by atoms with E-state index in [9.17, 15) is 9.59 Å². The number of para-hydroxylation sites is 1. The minimum atomic E-state index is -0.365. The van der Waals surface area contributed by atoms with Crippen LogP contribution in [-0.4, -0.2) is 37.6 Å². The number of methoxy groups -OCH3 is 2. The normalized spacial score (nSPS) is 12.9. The van der Waals surface area contributed by atoms with Crippen molar-refractivity contribution in [2.45, 2.75) is 13.1 Å². The molecule has 3 aromatic rings. The topological polar surface area (TPSA) is 71.1 Å². The van der Waals surface area contributed by atoms with Crippen LogP contribution in [0.4, 0.5) is 16.2 Å². The number of rotatable bonds is 7. The van der Waals surface area contributed by atoms with Gasteiger partial charge < -0.3 is 19.7 Å². The smallest absolute Gasteiger partial charge is 0.325 e. The number of carbonyl (C=O) groups excluding carboxylic acids is 2. The summed E-state index contributed by atoms with van der Waals surface area (Å²) in [6, 6.07) is 20.1. The lowest BCUT2D eigenvalue weighted by Crippen LogP contribution is -2.49. The summed E-state index contributed by atoms with van der Waals surface area (Å²) < 4.78 is 10.7. The number of ether oxygens (including phenoxy) is 2. The molecule has 3 aromatic carbocycles. The molecule has 4 rings (SSSR count). The number of amides is 3. The average Bonchev–Trinajstić information content (AvgIpc) is 2.82. The van der Waals surface area contributed by atoms with E-state index in [-0.39, 0.29) is 25.0 Å². The summed E-state index contributed by atoms with van der Waals surface area (Å²) >= 11 is 6.22. The number of hydrogen-bond acceptors (Lipinski definition) is 4. The van der Waals surface area contributed by atoms with Crippen LogP contribution in [0.25, 0.3) is 0 Å². The fraction of sp³-hybridized carbons (Fsp3) is 0.200. The fourth-order valence-corrected chi connectivity index (χ4v) is 4.05. The van der Waals surface area contributed by atoms with Gasteiger partial charge in [0.25, 0.3) is 0 Å². The molecular formula is C25H24ClN3O4. The van der Waals surface area contributed by atoms with Crippen molar-refractivity contribution >= 4 is 34.9 Å². The van der Waals surface area contributed by atoms with E-state index in [1.54, 1.807) is 29.2 Å². The number of benzene rings is 3. The Labute approximate surface area is 197 Å². The summed E-state index contributed by atoms with van der Waals surface area (Å²) in [5, 5.41) is 3.40. The third kappa shape index (κ3) is 4.88. The van der Waals surface area contributed by atoms with Gasteiger partial charge in [-0.1, -0.05) is 48.0 Å². The van der Waals surface area contributed by atoms with E-state index in [0.29, 0.717) is 28.8 Å². The second kappa shape index (κ2) is 9.83. The van der Waals surface area contributed by atoms with E-state index in [2.05, 4.69) is 5.32 Å². The van der Waals surface area contributed by atoms with Crippen molar-refractivity contribution in [1.29, 1.82) is 0 Å². The Balaban J connectivity index is 1.58. The number of urea groups is 1. The van der Waals surface area contributed by atoms with Crippen LogP contribution >= 0.6 is 11.6 Å². The van der Waals surface area contributed by atoms with Crippen LogP contribution in [0, 0.1) is 0 Å². The maximum absolute atomic E-state index is 13.4. The first-order valence-electron chi connectivity index (χ1n) is 10.4. The van der Waals surface area contributed by atoms with Crippen LogP contribution < -0.4 is 19.7 Å². The summed E-state index contributed by atoms with van der Waals surface area (Å²) in [6.07, 6.45) is 0. The second-order valence-corrected chi connectivity index (χ2v) is 8.01. The van der Waals surface area contributed by atoms with Crippen molar-refractivity contribution in [3.05, 3.63) is 82.9 Å². The van der Waals surface area contributed by atoms with Crippen molar-refractivity contribution in [1.82, 2.24) is 4.90 Å². The Morgan fingerprint density at radius 3 is 2.36 bits per heavy atom. The summed E-state index contributed by atoms with van der Waals surface area (Å²) in [5.41, 5.74) is 3.07. The first kappa shape index (κ1) is 22.5. The molecule has 8 heteroatoms. The van der Waals surface area contributed by atoms with Gasteiger partial charge in [0.2, 0.25) is 5.91 Å². The molecule has 1 N–H and O–H groups in total. The Morgan fingerprint density at radius 1 is 1.00 bits per heavy atom. The van der Waals surface area contributed by atoms with Gasteiger partial charge in [0, 0.05) is 5.02 Å². The molecule has 170 valence electrons. The molecule has 0 unspecified atom stereocenters. The van der Waals surface area contributed by atoms with Crippen LogP contribution in [-0.2, 0) is 17.9 Å².